The first-order chi connectivity index (χ1) is 14.1. The molecule has 3 aromatic rings. The minimum atomic E-state index is -0.500. The van der Waals surface area contributed by atoms with Crippen molar-refractivity contribution in [2.24, 2.45) is 5.73 Å². The van der Waals surface area contributed by atoms with Crippen molar-refractivity contribution in [3.63, 3.8) is 0 Å². The second-order valence-electron chi connectivity index (χ2n) is 7.37. The van der Waals surface area contributed by atoms with E-state index < -0.39 is 5.91 Å². The number of ether oxygens (including phenoxy) is 1. The number of carbonyl (C=O) groups excluding carboxylic acids is 1. The van der Waals surface area contributed by atoms with E-state index in [-0.39, 0.29) is 0 Å². The minimum absolute atomic E-state index is 0.392. The van der Waals surface area contributed by atoms with E-state index in [1.54, 1.807) is 24.5 Å². The summed E-state index contributed by atoms with van der Waals surface area (Å²) in [5, 5.41) is 0. The number of rotatable bonds is 7. The molecule has 8 nitrogen and oxygen atoms in total. The number of aromatic amines is 1. The van der Waals surface area contributed by atoms with Crippen LogP contribution in [0, 0.1) is 0 Å². The number of piperazine rings is 1. The zero-order valence-corrected chi connectivity index (χ0v) is 16.6. The van der Waals surface area contributed by atoms with Crippen molar-refractivity contribution in [3.8, 4) is 17.1 Å². The summed E-state index contributed by atoms with van der Waals surface area (Å²) >= 11 is 0. The van der Waals surface area contributed by atoms with Crippen LogP contribution in [-0.2, 0) is 0 Å². The SMILES string of the molecule is CN1CCN(CCCOc2ccncc2-c2nc3c(C(N)=O)cccc3[nH]2)CC1. The van der Waals surface area contributed by atoms with Crippen LogP contribution < -0.4 is 10.5 Å². The number of para-hydroxylation sites is 1. The molecule has 0 spiro atoms. The van der Waals surface area contributed by atoms with Gasteiger partial charge in [0.2, 0.25) is 0 Å². The van der Waals surface area contributed by atoms with Gasteiger partial charge in [-0.15, -0.1) is 0 Å². The smallest absolute Gasteiger partial charge is 0.250 e. The lowest BCUT2D eigenvalue weighted by molar-refractivity contribution is 0.100. The third-order valence-electron chi connectivity index (χ3n) is 5.29. The number of hydrogen-bond acceptors (Lipinski definition) is 6. The predicted molar refractivity (Wildman–Crippen MR) is 112 cm³/mol. The van der Waals surface area contributed by atoms with Gasteiger partial charge in [0.1, 0.15) is 17.1 Å². The molecule has 8 heteroatoms. The van der Waals surface area contributed by atoms with Gasteiger partial charge in [0.15, 0.2) is 0 Å². The number of nitrogens with one attached hydrogen (secondary N) is 1. The number of nitrogens with zero attached hydrogens (tertiary/aromatic N) is 4. The third-order valence-corrected chi connectivity index (χ3v) is 5.29. The average Bonchev–Trinajstić information content (AvgIpc) is 3.17. The fraction of sp³-hybridized carbons (Fsp3) is 0.381. The number of primary amides is 1. The average molecular weight is 394 g/mol. The molecule has 152 valence electrons. The van der Waals surface area contributed by atoms with Gasteiger partial charge >= 0.3 is 0 Å². The van der Waals surface area contributed by atoms with Gasteiger partial charge in [0, 0.05) is 45.1 Å². The first-order valence-electron chi connectivity index (χ1n) is 9.88. The highest BCUT2D eigenvalue weighted by atomic mass is 16.5. The van der Waals surface area contributed by atoms with Crippen LogP contribution in [0.15, 0.2) is 36.7 Å². The number of likely N-dealkylation sites (N-methyl/N-ethyl adjacent to an activating group) is 1. The molecule has 1 aromatic carbocycles. The highest BCUT2D eigenvalue weighted by Gasteiger charge is 2.16. The number of carbonyl (C=O) groups is 1. The molecule has 1 amide bonds. The fourth-order valence-electron chi connectivity index (χ4n) is 3.59. The van der Waals surface area contributed by atoms with Crippen LogP contribution in [0.4, 0.5) is 0 Å². The Morgan fingerprint density at radius 2 is 2.07 bits per heavy atom. The monoisotopic (exact) mass is 394 g/mol. The first kappa shape index (κ1) is 19.4. The van der Waals surface area contributed by atoms with Gasteiger partial charge in [-0.25, -0.2) is 4.98 Å². The Hall–Kier alpha value is -2.97. The molecular formula is C21H26N6O2. The van der Waals surface area contributed by atoms with E-state index in [9.17, 15) is 4.79 Å². The van der Waals surface area contributed by atoms with Gasteiger partial charge in [-0.1, -0.05) is 6.07 Å². The van der Waals surface area contributed by atoms with Crippen molar-refractivity contribution in [3.05, 3.63) is 42.2 Å². The second kappa shape index (κ2) is 8.59. The number of H-pyrrole nitrogens is 1. The van der Waals surface area contributed by atoms with Gasteiger partial charge in [0.05, 0.1) is 23.3 Å². The Labute approximate surface area is 169 Å². The lowest BCUT2D eigenvalue weighted by atomic mass is 10.2. The van der Waals surface area contributed by atoms with E-state index in [1.807, 2.05) is 12.1 Å². The van der Waals surface area contributed by atoms with Crippen molar-refractivity contribution in [1.82, 2.24) is 24.8 Å². The van der Waals surface area contributed by atoms with Gasteiger partial charge in [0.25, 0.3) is 5.91 Å². The standard InChI is InChI=1S/C21H26N6O2/c1-26-9-11-27(12-10-26)8-3-13-29-18-6-7-23-14-16(18)21-24-17-5-2-4-15(20(22)28)19(17)25-21/h2,4-7,14H,3,8-13H2,1H3,(H2,22,28)(H,24,25). The Kier molecular flexibility index (Phi) is 5.73. The number of amides is 1. The van der Waals surface area contributed by atoms with E-state index in [2.05, 4.69) is 31.8 Å². The van der Waals surface area contributed by atoms with Crippen molar-refractivity contribution < 1.29 is 9.53 Å². The zero-order chi connectivity index (χ0) is 20.2. The highest BCUT2D eigenvalue weighted by Crippen LogP contribution is 2.29. The summed E-state index contributed by atoms with van der Waals surface area (Å²) in [5.74, 6) is 0.828. The lowest BCUT2D eigenvalue weighted by Crippen LogP contribution is -2.44. The molecule has 3 N–H and O–H groups in total. The maximum atomic E-state index is 11.7. The molecule has 0 bridgehead atoms. The topological polar surface area (TPSA) is 100 Å². The first-order valence-corrected chi connectivity index (χ1v) is 9.88. The molecule has 0 saturated carbocycles. The van der Waals surface area contributed by atoms with Crippen molar-refractivity contribution in [2.75, 3.05) is 46.4 Å². The molecule has 1 fully saturated rings. The second-order valence-corrected chi connectivity index (χ2v) is 7.37. The summed E-state index contributed by atoms with van der Waals surface area (Å²) in [7, 11) is 2.16. The normalized spacial score (nSPS) is 15.6. The van der Waals surface area contributed by atoms with Gasteiger partial charge in [-0.2, -0.15) is 0 Å². The molecule has 3 heterocycles. The molecule has 0 unspecified atom stereocenters. The largest absolute Gasteiger partial charge is 0.493 e. The molecule has 0 atom stereocenters. The number of aromatic nitrogens is 3. The minimum Gasteiger partial charge on any atom is -0.493 e. The molecule has 4 rings (SSSR count). The number of fused-ring (bicyclic) bond motifs is 1. The van der Waals surface area contributed by atoms with Crippen LogP contribution in [0.3, 0.4) is 0 Å². The molecular weight excluding hydrogens is 368 g/mol. The maximum absolute atomic E-state index is 11.7. The van der Waals surface area contributed by atoms with E-state index in [1.165, 1.54) is 0 Å². The van der Waals surface area contributed by atoms with Gasteiger partial charge < -0.3 is 25.3 Å². The Balaban J connectivity index is 1.45. The van der Waals surface area contributed by atoms with Crippen LogP contribution in [0.1, 0.15) is 16.8 Å². The highest BCUT2D eigenvalue weighted by molar-refractivity contribution is 6.04. The number of imidazole rings is 1. The van der Waals surface area contributed by atoms with Gasteiger partial charge in [-0.05, 0) is 31.7 Å². The molecule has 0 radical (unpaired) electrons. The van der Waals surface area contributed by atoms with Crippen molar-refractivity contribution in [2.45, 2.75) is 6.42 Å². The molecule has 1 aliphatic heterocycles. The van der Waals surface area contributed by atoms with Gasteiger partial charge in [-0.3, -0.25) is 9.78 Å². The van der Waals surface area contributed by atoms with E-state index >= 15 is 0 Å². The van der Waals surface area contributed by atoms with E-state index in [0.29, 0.717) is 23.5 Å². The third kappa shape index (κ3) is 4.38. The molecule has 2 aromatic heterocycles. The van der Waals surface area contributed by atoms with E-state index in [4.69, 9.17) is 10.5 Å². The number of benzene rings is 1. The predicted octanol–water partition coefficient (Wildman–Crippen LogP) is 1.74. The number of hydrogen-bond donors (Lipinski definition) is 2. The van der Waals surface area contributed by atoms with Crippen molar-refractivity contribution >= 4 is 16.9 Å². The maximum Gasteiger partial charge on any atom is 0.250 e. The molecule has 1 aliphatic rings. The summed E-state index contributed by atoms with van der Waals surface area (Å²) < 4.78 is 6.05. The molecule has 1 saturated heterocycles. The summed E-state index contributed by atoms with van der Waals surface area (Å²) in [6, 6.07) is 7.16. The summed E-state index contributed by atoms with van der Waals surface area (Å²) in [6.45, 7) is 6.11. The zero-order valence-electron chi connectivity index (χ0n) is 16.6. The Morgan fingerprint density at radius 3 is 2.86 bits per heavy atom. The Morgan fingerprint density at radius 1 is 1.24 bits per heavy atom. The van der Waals surface area contributed by atoms with Crippen LogP contribution in [0.5, 0.6) is 5.75 Å². The Bertz CT molecular complexity index is 994. The quantitative estimate of drug-likeness (QED) is 0.592. The number of nitrogens with two attached hydrogens (primary N) is 1. The fourth-order valence-corrected chi connectivity index (χ4v) is 3.59. The van der Waals surface area contributed by atoms with Crippen LogP contribution in [-0.4, -0.2) is 77.0 Å². The lowest BCUT2D eigenvalue weighted by Gasteiger charge is -2.32. The molecule has 29 heavy (non-hydrogen) atoms. The van der Waals surface area contributed by atoms with E-state index in [0.717, 1.165) is 56.0 Å². The number of pyridine rings is 1. The summed E-state index contributed by atoms with van der Waals surface area (Å²) in [5.41, 5.74) is 7.93. The summed E-state index contributed by atoms with van der Waals surface area (Å²) in [6.07, 6.45) is 4.38. The van der Waals surface area contributed by atoms with Crippen LogP contribution >= 0.6 is 0 Å². The summed E-state index contributed by atoms with van der Waals surface area (Å²) in [4.78, 5) is 28.5. The van der Waals surface area contributed by atoms with Crippen molar-refractivity contribution in [1.29, 1.82) is 0 Å². The molecule has 0 aliphatic carbocycles. The van der Waals surface area contributed by atoms with Crippen LogP contribution in [0.25, 0.3) is 22.4 Å². The van der Waals surface area contributed by atoms with Crippen LogP contribution in [0.2, 0.25) is 0 Å².